The van der Waals surface area contributed by atoms with Crippen molar-refractivity contribution in [2.24, 2.45) is 4.99 Å². The van der Waals surface area contributed by atoms with Crippen LogP contribution in [-0.4, -0.2) is 44.4 Å². The first-order valence-corrected chi connectivity index (χ1v) is 14.5. The first kappa shape index (κ1) is 30.5. The van der Waals surface area contributed by atoms with Crippen LogP contribution in [0.15, 0.2) is 120 Å². The molecule has 0 aliphatic carbocycles. The summed E-state index contributed by atoms with van der Waals surface area (Å²) in [6.07, 6.45) is 1.37. The zero-order valence-electron chi connectivity index (χ0n) is 24.6. The number of carboxylic acid groups (broad SMARTS) is 1. The van der Waals surface area contributed by atoms with E-state index in [9.17, 15) is 35.0 Å². The number of carbonyl (C=O) groups excluding carboxylic acids is 1. The van der Waals surface area contributed by atoms with E-state index in [0.29, 0.717) is 32.8 Å². The van der Waals surface area contributed by atoms with Crippen molar-refractivity contribution < 1.29 is 34.6 Å². The van der Waals surface area contributed by atoms with Gasteiger partial charge in [0.25, 0.3) is 5.69 Å². The van der Waals surface area contributed by atoms with Crippen LogP contribution >= 0.6 is 0 Å². The van der Waals surface area contributed by atoms with E-state index in [-0.39, 0.29) is 40.5 Å². The number of hydrogen-bond acceptors (Lipinski definition) is 8. The van der Waals surface area contributed by atoms with Crippen LogP contribution in [-0.2, 0) is 11.2 Å². The van der Waals surface area contributed by atoms with Gasteiger partial charge in [0.2, 0.25) is 0 Å². The lowest BCUT2D eigenvalue weighted by atomic mass is 9.90. The molecule has 10 heteroatoms. The lowest BCUT2D eigenvalue weighted by Crippen LogP contribution is -2.21. The summed E-state index contributed by atoms with van der Waals surface area (Å²) in [4.78, 5) is 40.3. The van der Waals surface area contributed by atoms with Gasteiger partial charge >= 0.3 is 11.9 Å². The fourth-order valence-electron chi connectivity index (χ4n) is 5.41. The smallest absolute Gasteiger partial charge is 0.343 e. The van der Waals surface area contributed by atoms with Gasteiger partial charge in [0.05, 0.1) is 10.5 Å². The van der Waals surface area contributed by atoms with E-state index in [1.807, 2.05) is 48.5 Å². The number of rotatable bonds is 9. The number of fused-ring (bicyclic) bond motifs is 2. The van der Waals surface area contributed by atoms with Crippen molar-refractivity contribution in [3.63, 3.8) is 0 Å². The van der Waals surface area contributed by atoms with Crippen molar-refractivity contribution in [1.82, 2.24) is 0 Å². The average Bonchev–Trinajstić information content (AvgIpc) is 3.08. The van der Waals surface area contributed by atoms with Crippen molar-refractivity contribution in [3.05, 3.63) is 142 Å². The third-order valence-corrected chi connectivity index (χ3v) is 7.75. The predicted molar refractivity (Wildman–Crippen MR) is 177 cm³/mol. The molecule has 0 saturated carbocycles. The van der Waals surface area contributed by atoms with Crippen molar-refractivity contribution >= 4 is 45.4 Å². The van der Waals surface area contributed by atoms with Gasteiger partial charge in [-0.3, -0.25) is 15.1 Å². The minimum Gasteiger partial charge on any atom is -0.508 e. The lowest BCUT2D eigenvalue weighted by molar-refractivity contribution is -0.384. The van der Waals surface area contributed by atoms with Crippen LogP contribution in [0.2, 0.25) is 0 Å². The van der Waals surface area contributed by atoms with Crippen LogP contribution in [0, 0.1) is 10.1 Å². The molecule has 3 N–H and O–H groups in total. The first-order chi connectivity index (χ1) is 22.7. The van der Waals surface area contributed by atoms with Crippen LogP contribution in [0.5, 0.6) is 17.2 Å². The zero-order chi connectivity index (χ0) is 33.1. The number of aliphatic imine (C=N–C) groups is 1. The number of hydrogen-bond donors (Lipinski definition) is 3. The van der Waals surface area contributed by atoms with E-state index >= 15 is 0 Å². The van der Waals surface area contributed by atoms with Gasteiger partial charge in [0.1, 0.15) is 17.2 Å². The molecule has 0 aliphatic rings. The van der Waals surface area contributed by atoms with Crippen LogP contribution in [0.25, 0.3) is 32.7 Å². The highest BCUT2D eigenvalue weighted by Crippen LogP contribution is 2.46. The Morgan fingerprint density at radius 2 is 1.45 bits per heavy atom. The van der Waals surface area contributed by atoms with Crippen LogP contribution < -0.4 is 4.74 Å². The Bertz CT molecular complexity index is 2190. The fourth-order valence-corrected chi connectivity index (χ4v) is 5.41. The number of aromatic hydroxyl groups is 2. The molecule has 0 aromatic heterocycles. The molecule has 10 nitrogen and oxygen atoms in total. The monoisotopic (exact) mass is 626 g/mol. The Labute approximate surface area is 267 Å². The molecule has 6 aromatic rings. The van der Waals surface area contributed by atoms with Crippen LogP contribution in [0.4, 0.5) is 5.69 Å². The number of esters is 1. The van der Waals surface area contributed by atoms with Crippen molar-refractivity contribution in [3.8, 4) is 28.4 Å². The number of phenolic OH excluding ortho intramolecular Hbond substituents is 2. The topological polar surface area (TPSA) is 160 Å². The number of phenols is 2. The highest BCUT2D eigenvalue weighted by molar-refractivity contribution is 6.13. The highest BCUT2D eigenvalue weighted by atomic mass is 16.6. The van der Waals surface area contributed by atoms with Gasteiger partial charge in [-0.1, -0.05) is 66.7 Å². The van der Waals surface area contributed by atoms with Crippen LogP contribution in [0.1, 0.15) is 21.5 Å². The molecule has 0 amide bonds. The Hall–Kier alpha value is -6.55. The van der Waals surface area contributed by atoms with E-state index in [1.165, 1.54) is 42.6 Å². The number of benzene rings is 6. The number of nitro groups is 1. The summed E-state index contributed by atoms with van der Waals surface area (Å²) in [6, 6.07) is 29.8. The van der Waals surface area contributed by atoms with Gasteiger partial charge < -0.3 is 20.1 Å². The molecule has 232 valence electrons. The Morgan fingerprint density at radius 3 is 2.11 bits per heavy atom. The quantitative estimate of drug-likeness (QED) is 0.0495. The SMILES string of the molecule is O=C(Oc1ccc2ccccc2c1-c1c(O)c(C=N[C@@H](Cc2ccc(O)cc2)C(=O)O)cc2ccccc12)c1ccc([N+](=O)[O-])cc1. The Morgan fingerprint density at radius 1 is 0.809 bits per heavy atom. The summed E-state index contributed by atoms with van der Waals surface area (Å²) in [5, 5.41) is 45.3. The molecule has 0 fully saturated rings. The van der Waals surface area contributed by atoms with Crippen molar-refractivity contribution in [1.29, 1.82) is 0 Å². The third-order valence-electron chi connectivity index (χ3n) is 7.75. The summed E-state index contributed by atoms with van der Waals surface area (Å²) >= 11 is 0. The molecular weight excluding hydrogens is 600 g/mol. The molecule has 0 saturated heterocycles. The fraction of sp³-hybridized carbons (Fsp3) is 0.0541. The second-order valence-electron chi connectivity index (χ2n) is 10.8. The summed E-state index contributed by atoms with van der Waals surface area (Å²) < 4.78 is 5.89. The lowest BCUT2D eigenvalue weighted by Gasteiger charge is -2.18. The van der Waals surface area contributed by atoms with E-state index in [0.717, 1.165) is 5.39 Å². The Balaban J connectivity index is 1.48. The maximum absolute atomic E-state index is 13.3. The third kappa shape index (κ3) is 6.34. The van der Waals surface area contributed by atoms with Gasteiger partial charge in [-0.2, -0.15) is 0 Å². The average molecular weight is 627 g/mol. The highest BCUT2D eigenvalue weighted by Gasteiger charge is 2.23. The largest absolute Gasteiger partial charge is 0.508 e. The number of nitro benzene ring substituents is 1. The van der Waals surface area contributed by atoms with Crippen molar-refractivity contribution in [2.45, 2.75) is 12.5 Å². The standard InChI is InChI=1S/C37H26N2O8/c40-28-16-9-22(10-17-28)19-31(36(42)43)38-21-26-20-25-6-2-4-8-30(25)34(35(26)41)33-29-7-3-1-5-23(29)13-18-32(33)47-37(44)24-11-14-27(15-12-24)39(45)46/h1-18,20-21,31,40-41H,19H2,(H,42,43)/t31-/m0/s1. The summed E-state index contributed by atoms with van der Waals surface area (Å²) in [5.74, 6) is -1.92. The van der Waals surface area contributed by atoms with Gasteiger partial charge in [0, 0.05) is 41.5 Å². The van der Waals surface area contributed by atoms with Crippen molar-refractivity contribution in [2.75, 3.05) is 0 Å². The molecule has 0 aliphatic heterocycles. The number of nitrogens with zero attached hydrogens (tertiary/aromatic N) is 2. The molecule has 6 aromatic carbocycles. The summed E-state index contributed by atoms with van der Waals surface area (Å²) in [6.45, 7) is 0. The molecule has 1 atom stereocenters. The molecule has 0 unspecified atom stereocenters. The summed E-state index contributed by atoms with van der Waals surface area (Å²) in [7, 11) is 0. The first-order valence-electron chi connectivity index (χ1n) is 14.5. The number of ether oxygens (including phenoxy) is 1. The van der Waals surface area contributed by atoms with E-state index in [2.05, 4.69) is 4.99 Å². The Kier molecular flexibility index (Phi) is 8.31. The molecule has 0 heterocycles. The number of carboxylic acids is 1. The molecule has 0 bridgehead atoms. The van der Waals surface area contributed by atoms with Gasteiger partial charge in [0.15, 0.2) is 6.04 Å². The molecule has 6 rings (SSSR count). The number of non-ortho nitro benzene ring substituents is 1. The molecule has 0 spiro atoms. The molecular formula is C37H26N2O8. The second kappa shape index (κ2) is 12.8. The van der Waals surface area contributed by atoms with E-state index in [1.54, 1.807) is 30.3 Å². The van der Waals surface area contributed by atoms with Gasteiger partial charge in [-0.25, -0.2) is 9.59 Å². The van der Waals surface area contributed by atoms with Gasteiger partial charge in [-0.05, 0) is 63.5 Å². The predicted octanol–water partition coefficient (Wildman–Crippen LogP) is 7.31. The molecule has 0 radical (unpaired) electrons. The minimum absolute atomic E-state index is 0.0549. The van der Waals surface area contributed by atoms with E-state index in [4.69, 9.17) is 4.74 Å². The minimum atomic E-state index is -1.18. The van der Waals surface area contributed by atoms with E-state index < -0.39 is 22.9 Å². The maximum atomic E-state index is 13.3. The second-order valence-corrected chi connectivity index (χ2v) is 10.8. The normalized spacial score (nSPS) is 11.9. The zero-order valence-corrected chi connectivity index (χ0v) is 24.6. The van der Waals surface area contributed by atoms with Crippen LogP contribution in [0.3, 0.4) is 0 Å². The number of carbonyl (C=O) groups is 2. The maximum Gasteiger partial charge on any atom is 0.343 e. The summed E-state index contributed by atoms with van der Waals surface area (Å²) in [5.41, 5.74) is 1.59. The van der Waals surface area contributed by atoms with Gasteiger partial charge in [-0.15, -0.1) is 0 Å². The molecule has 47 heavy (non-hydrogen) atoms. The number of aliphatic carboxylic acids is 1.